The molecule has 0 aliphatic heterocycles. The molecule has 0 saturated heterocycles. The van der Waals surface area contributed by atoms with Gasteiger partial charge in [0.2, 0.25) is 0 Å². The first-order valence-electron chi connectivity index (χ1n) is 6.77. The van der Waals surface area contributed by atoms with Crippen molar-refractivity contribution in [2.75, 3.05) is 0 Å². The van der Waals surface area contributed by atoms with Crippen LogP contribution in [0.1, 0.15) is 24.8 Å². The molecule has 2 rings (SSSR count). The molecule has 1 aromatic rings. The molecule has 1 nitrogen and oxygen atoms in total. The van der Waals surface area contributed by atoms with Crippen molar-refractivity contribution in [1.29, 1.82) is 0 Å². The molecule has 1 fully saturated rings. The van der Waals surface area contributed by atoms with Gasteiger partial charge in [0.1, 0.15) is 7.22 Å². The Bertz CT molecular complexity index is 408. The van der Waals surface area contributed by atoms with Gasteiger partial charge in [-0.05, 0) is 24.8 Å². The molecule has 0 bridgehead atoms. The molecule has 0 spiro atoms. The molecule has 0 amide bonds. The Labute approximate surface area is 116 Å². The van der Waals surface area contributed by atoms with Crippen LogP contribution in [-0.2, 0) is 6.54 Å². The SMILES string of the molecule is C[Si](C)(C)SC1CC/C(=N/Cc2ccccc2)C1. The molecule has 0 heterocycles. The Balaban J connectivity index is 1.85. The van der Waals surface area contributed by atoms with E-state index in [4.69, 9.17) is 4.99 Å². The van der Waals surface area contributed by atoms with Gasteiger partial charge in [0.25, 0.3) is 0 Å². The highest BCUT2D eigenvalue weighted by molar-refractivity contribution is 8.29. The summed E-state index contributed by atoms with van der Waals surface area (Å²) >= 11 is 2.25. The van der Waals surface area contributed by atoms with Crippen molar-refractivity contribution in [1.82, 2.24) is 0 Å². The van der Waals surface area contributed by atoms with E-state index >= 15 is 0 Å². The van der Waals surface area contributed by atoms with Crippen LogP contribution in [0.25, 0.3) is 0 Å². The lowest BCUT2D eigenvalue weighted by Crippen LogP contribution is -2.19. The molecule has 0 radical (unpaired) electrons. The Kier molecular flexibility index (Phi) is 4.68. The monoisotopic (exact) mass is 277 g/mol. The number of aliphatic imine (C=N–C) groups is 1. The second-order valence-corrected chi connectivity index (χ2v) is 15.5. The zero-order valence-electron chi connectivity index (χ0n) is 11.6. The van der Waals surface area contributed by atoms with Crippen LogP contribution in [0.15, 0.2) is 35.3 Å². The van der Waals surface area contributed by atoms with E-state index in [2.05, 4.69) is 61.2 Å². The highest BCUT2D eigenvalue weighted by Gasteiger charge is 2.26. The summed E-state index contributed by atoms with van der Waals surface area (Å²) in [5.41, 5.74) is 2.76. The van der Waals surface area contributed by atoms with Crippen molar-refractivity contribution in [2.24, 2.45) is 4.99 Å². The van der Waals surface area contributed by atoms with Crippen LogP contribution in [0.5, 0.6) is 0 Å². The molecule has 98 valence electrons. The summed E-state index contributed by atoms with van der Waals surface area (Å²) in [5.74, 6) is 0. The predicted molar refractivity (Wildman–Crippen MR) is 86.2 cm³/mol. The van der Waals surface area contributed by atoms with Gasteiger partial charge in [-0.3, -0.25) is 4.99 Å². The van der Waals surface area contributed by atoms with Crippen LogP contribution >= 0.6 is 11.2 Å². The number of rotatable bonds is 4. The van der Waals surface area contributed by atoms with Gasteiger partial charge in [0.05, 0.1) is 6.54 Å². The third-order valence-corrected chi connectivity index (χ3v) is 7.63. The Morgan fingerprint density at radius 3 is 2.61 bits per heavy atom. The average Bonchev–Trinajstić information content (AvgIpc) is 2.73. The lowest BCUT2D eigenvalue weighted by atomic mass is 10.2. The third kappa shape index (κ3) is 4.62. The number of benzene rings is 1. The smallest absolute Gasteiger partial charge is 0.108 e. The standard InChI is InChI=1S/C15H23NSSi/c1-18(2,3)17-15-10-9-14(11-15)16-12-13-7-5-4-6-8-13/h4-8,15H,9-12H2,1-3H3/b16-14-. The second-order valence-electron chi connectivity index (χ2n) is 5.96. The zero-order valence-corrected chi connectivity index (χ0v) is 13.5. The summed E-state index contributed by atoms with van der Waals surface area (Å²) in [7, 11) is -0.977. The molecule has 3 heteroatoms. The number of nitrogens with zero attached hydrogens (tertiary/aromatic N) is 1. The van der Waals surface area contributed by atoms with Crippen LogP contribution in [0.4, 0.5) is 0 Å². The molecular weight excluding hydrogens is 254 g/mol. The van der Waals surface area contributed by atoms with Gasteiger partial charge in [-0.1, -0.05) is 50.0 Å². The highest BCUT2D eigenvalue weighted by Crippen LogP contribution is 2.34. The lowest BCUT2D eigenvalue weighted by molar-refractivity contribution is 0.911. The minimum Gasteiger partial charge on any atom is -0.289 e. The maximum absolute atomic E-state index is 4.79. The van der Waals surface area contributed by atoms with Crippen LogP contribution < -0.4 is 0 Å². The number of hydrogen-bond donors (Lipinski definition) is 0. The Hall–Kier alpha value is -0.543. The van der Waals surface area contributed by atoms with Crippen LogP contribution in [0.3, 0.4) is 0 Å². The van der Waals surface area contributed by atoms with Crippen molar-refractivity contribution < 1.29 is 0 Å². The fourth-order valence-electron chi connectivity index (χ4n) is 2.33. The summed E-state index contributed by atoms with van der Waals surface area (Å²) in [6, 6.07) is 10.6. The molecule has 1 aromatic carbocycles. The zero-order chi connectivity index (χ0) is 13.0. The molecule has 0 N–H and O–H groups in total. The van der Waals surface area contributed by atoms with E-state index < -0.39 is 7.22 Å². The van der Waals surface area contributed by atoms with Crippen LogP contribution in [-0.4, -0.2) is 18.2 Å². The molecule has 0 aromatic heterocycles. The summed E-state index contributed by atoms with van der Waals surface area (Å²) in [6.07, 6.45) is 3.78. The molecule has 1 aliphatic rings. The molecule has 18 heavy (non-hydrogen) atoms. The summed E-state index contributed by atoms with van der Waals surface area (Å²) < 4.78 is 0. The van der Waals surface area contributed by atoms with Gasteiger partial charge in [-0.2, -0.15) is 11.2 Å². The lowest BCUT2D eigenvalue weighted by Gasteiger charge is -2.19. The van der Waals surface area contributed by atoms with E-state index in [0.29, 0.717) is 0 Å². The number of hydrogen-bond acceptors (Lipinski definition) is 2. The van der Waals surface area contributed by atoms with E-state index in [1.807, 2.05) is 0 Å². The molecule has 1 saturated carbocycles. The maximum Gasteiger partial charge on any atom is 0.108 e. The topological polar surface area (TPSA) is 12.4 Å². The van der Waals surface area contributed by atoms with Crippen molar-refractivity contribution >= 4 is 24.1 Å². The predicted octanol–water partition coefficient (Wildman–Crippen LogP) is 4.75. The van der Waals surface area contributed by atoms with Crippen molar-refractivity contribution in [3.63, 3.8) is 0 Å². The first-order chi connectivity index (χ1) is 8.53. The van der Waals surface area contributed by atoms with Crippen LogP contribution in [0.2, 0.25) is 19.6 Å². The molecule has 1 atom stereocenters. The highest BCUT2D eigenvalue weighted by atomic mass is 32.4. The van der Waals surface area contributed by atoms with Crippen molar-refractivity contribution in [3.05, 3.63) is 35.9 Å². The average molecular weight is 278 g/mol. The Morgan fingerprint density at radius 2 is 1.94 bits per heavy atom. The van der Waals surface area contributed by atoms with E-state index in [-0.39, 0.29) is 0 Å². The van der Waals surface area contributed by atoms with Gasteiger partial charge in [0, 0.05) is 11.0 Å². The minimum absolute atomic E-state index is 0.839. The quantitative estimate of drug-likeness (QED) is 0.724. The fourth-order valence-corrected chi connectivity index (χ4v) is 7.44. The molecule has 1 aliphatic carbocycles. The van der Waals surface area contributed by atoms with E-state index in [1.54, 1.807) is 0 Å². The molecular formula is C15H23NSSi. The van der Waals surface area contributed by atoms with E-state index in [9.17, 15) is 0 Å². The minimum atomic E-state index is -0.977. The van der Waals surface area contributed by atoms with Gasteiger partial charge in [0.15, 0.2) is 0 Å². The first-order valence-corrected chi connectivity index (χ1v) is 11.9. The normalized spacial score (nSPS) is 22.6. The largest absolute Gasteiger partial charge is 0.289 e. The van der Waals surface area contributed by atoms with Gasteiger partial charge < -0.3 is 0 Å². The first kappa shape index (κ1) is 13.9. The summed E-state index contributed by atoms with van der Waals surface area (Å²) in [6.45, 7) is 8.19. The van der Waals surface area contributed by atoms with Crippen LogP contribution in [0, 0.1) is 0 Å². The van der Waals surface area contributed by atoms with Gasteiger partial charge in [-0.25, -0.2) is 0 Å². The maximum atomic E-state index is 4.79. The van der Waals surface area contributed by atoms with Crippen molar-refractivity contribution in [3.8, 4) is 0 Å². The van der Waals surface area contributed by atoms with Gasteiger partial charge in [-0.15, -0.1) is 0 Å². The summed E-state index contributed by atoms with van der Waals surface area (Å²) in [4.78, 5) is 4.79. The van der Waals surface area contributed by atoms with E-state index in [0.717, 1.165) is 11.8 Å². The Morgan fingerprint density at radius 1 is 1.22 bits per heavy atom. The third-order valence-electron chi connectivity index (χ3n) is 3.07. The molecule has 1 unspecified atom stereocenters. The van der Waals surface area contributed by atoms with Crippen molar-refractivity contribution in [2.45, 2.75) is 50.7 Å². The van der Waals surface area contributed by atoms with Gasteiger partial charge >= 0.3 is 0 Å². The van der Waals surface area contributed by atoms with E-state index in [1.165, 1.54) is 30.5 Å². The fraction of sp³-hybridized carbons (Fsp3) is 0.533. The second kappa shape index (κ2) is 6.07. The summed E-state index contributed by atoms with van der Waals surface area (Å²) in [5, 5.41) is 0.839.